The zero-order valence-corrected chi connectivity index (χ0v) is 14.5. The van der Waals surface area contributed by atoms with Crippen LogP contribution in [0, 0.1) is 28.4 Å². The topological polar surface area (TPSA) is 141 Å². The highest BCUT2D eigenvalue weighted by atomic mass is 32.2. The fourth-order valence-electron chi connectivity index (χ4n) is 2.43. The summed E-state index contributed by atoms with van der Waals surface area (Å²) in [5.74, 6) is -0.117. The van der Waals surface area contributed by atoms with Crippen LogP contribution in [0.4, 0.5) is 5.69 Å². The van der Waals surface area contributed by atoms with Crippen LogP contribution in [0.3, 0.4) is 0 Å². The summed E-state index contributed by atoms with van der Waals surface area (Å²) in [5.41, 5.74) is -0.751. The molecule has 0 aliphatic rings. The first-order valence-electron chi connectivity index (χ1n) is 7.39. The van der Waals surface area contributed by atoms with Crippen LogP contribution in [-0.4, -0.2) is 13.3 Å². The Hall–Kier alpha value is -3.71. The van der Waals surface area contributed by atoms with Crippen molar-refractivity contribution in [1.29, 1.82) is 5.26 Å². The third-order valence-electron chi connectivity index (χ3n) is 3.79. The van der Waals surface area contributed by atoms with Crippen molar-refractivity contribution in [3.63, 3.8) is 0 Å². The van der Waals surface area contributed by atoms with Gasteiger partial charge < -0.3 is 8.60 Å². The lowest BCUT2D eigenvalue weighted by atomic mass is 10.1. The number of rotatable bonds is 4. The van der Waals surface area contributed by atoms with Crippen LogP contribution in [0.15, 0.2) is 56.6 Å². The van der Waals surface area contributed by atoms with E-state index in [9.17, 15) is 23.3 Å². The number of non-ortho nitro benzene ring substituents is 1. The van der Waals surface area contributed by atoms with Crippen molar-refractivity contribution in [2.45, 2.75) is 11.8 Å². The van der Waals surface area contributed by atoms with Gasteiger partial charge in [-0.3, -0.25) is 10.1 Å². The highest BCUT2D eigenvalue weighted by molar-refractivity contribution is 7.87. The largest absolute Gasteiger partial charge is 0.422 e. The van der Waals surface area contributed by atoms with E-state index in [0.717, 1.165) is 24.3 Å². The van der Waals surface area contributed by atoms with Gasteiger partial charge in [0, 0.05) is 23.6 Å². The van der Waals surface area contributed by atoms with E-state index in [1.54, 1.807) is 13.0 Å². The zero-order chi connectivity index (χ0) is 19.8. The monoisotopic (exact) mass is 386 g/mol. The number of nitrogens with zero attached hydrogens (tertiary/aromatic N) is 2. The van der Waals surface area contributed by atoms with Gasteiger partial charge in [-0.25, -0.2) is 4.79 Å². The fourth-order valence-corrected chi connectivity index (χ4v) is 3.35. The second-order valence-electron chi connectivity index (χ2n) is 5.45. The Kier molecular flexibility index (Phi) is 4.39. The summed E-state index contributed by atoms with van der Waals surface area (Å²) in [6.45, 7) is 1.58. The maximum Gasteiger partial charge on any atom is 0.354 e. The van der Waals surface area contributed by atoms with Crippen LogP contribution in [0.25, 0.3) is 11.0 Å². The lowest BCUT2D eigenvalue weighted by molar-refractivity contribution is -0.384. The molecule has 0 bridgehead atoms. The van der Waals surface area contributed by atoms with E-state index in [2.05, 4.69) is 0 Å². The summed E-state index contributed by atoms with van der Waals surface area (Å²) in [4.78, 5) is 21.5. The van der Waals surface area contributed by atoms with Gasteiger partial charge in [0.2, 0.25) is 0 Å². The summed E-state index contributed by atoms with van der Waals surface area (Å²) < 4.78 is 34.7. The molecule has 0 aliphatic heterocycles. The Labute approximate surface area is 152 Å². The molecule has 0 aliphatic carbocycles. The summed E-state index contributed by atoms with van der Waals surface area (Å²) in [6.07, 6.45) is 0. The summed E-state index contributed by atoms with van der Waals surface area (Å²) in [5, 5.41) is 20.1. The smallest absolute Gasteiger partial charge is 0.354 e. The van der Waals surface area contributed by atoms with E-state index >= 15 is 0 Å². The van der Waals surface area contributed by atoms with Crippen LogP contribution in [0.2, 0.25) is 0 Å². The third kappa shape index (κ3) is 3.36. The first-order valence-corrected chi connectivity index (χ1v) is 8.80. The molecule has 1 aromatic heterocycles. The molecule has 0 fully saturated rings. The first-order chi connectivity index (χ1) is 12.7. The van der Waals surface area contributed by atoms with Crippen molar-refractivity contribution in [3.8, 4) is 11.8 Å². The molecule has 9 nitrogen and oxygen atoms in total. The normalized spacial score (nSPS) is 11.1. The Morgan fingerprint density at radius 1 is 1.19 bits per heavy atom. The SMILES string of the molecule is Cc1c(C#N)c(=O)oc2cc(OS(=O)(=O)c3ccc([N+](=O)[O-])cc3)ccc12. The van der Waals surface area contributed by atoms with E-state index in [4.69, 9.17) is 13.9 Å². The standard InChI is InChI=1S/C17H10N2O7S/c1-10-14-7-4-12(8-16(14)25-17(20)15(10)9-18)26-27(23,24)13-5-2-11(3-6-13)19(21)22/h2-8H,1H3. The van der Waals surface area contributed by atoms with Gasteiger partial charge in [-0.15, -0.1) is 0 Å². The minimum Gasteiger partial charge on any atom is -0.422 e. The lowest BCUT2D eigenvalue weighted by Gasteiger charge is -2.08. The Balaban J connectivity index is 1.99. The maximum atomic E-state index is 12.3. The zero-order valence-electron chi connectivity index (χ0n) is 13.7. The number of nitro groups is 1. The third-order valence-corrected chi connectivity index (χ3v) is 5.05. The van der Waals surface area contributed by atoms with Crippen LogP contribution >= 0.6 is 0 Å². The molecule has 0 unspecified atom stereocenters. The minimum atomic E-state index is -4.25. The van der Waals surface area contributed by atoms with Gasteiger partial charge in [0.15, 0.2) is 0 Å². The van der Waals surface area contributed by atoms with Gasteiger partial charge in [-0.1, -0.05) is 0 Å². The molecular formula is C17H10N2O7S. The minimum absolute atomic E-state index is 0.0629. The number of hydrogen-bond acceptors (Lipinski definition) is 8. The molecule has 3 aromatic rings. The predicted octanol–water partition coefficient (Wildman–Crippen LogP) is 2.65. The second-order valence-corrected chi connectivity index (χ2v) is 6.99. The number of hydrogen-bond donors (Lipinski definition) is 0. The van der Waals surface area contributed by atoms with Crippen LogP contribution in [-0.2, 0) is 10.1 Å². The van der Waals surface area contributed by atoms with E-state index in [-0.39, 0.29) is 27.5 Å². The lowest BCUT2D eigenvalue weighted by Crippen LogP contribution is -2.10. The van der Waals surface area contributed by atoms with E-state index in [1.807, 2.05) is 0 Å². The van der Waals surface area contributed by atoms with Gasteiger partial charge in [-0.05, 0) is 36.8 Å². The van der Waals surface area contributed by atoms with Crippen molar-refractivity contribution in [2.75, 3.05) is 0 Å². The van der Waals surface area contributed by atoms with Crippen molar-refractivity contribution in [1.82, 2.24) is 0 Å². The Bertz CT molecular complexity index is 1270. The number of aryl methyl sites for hydroxylation is 1. The highest BCUT2D eigenvalue weighted by Crippen LogP contribution is 2.26. The molecule has 136 valence electrons. The predicted molar refractivity (Wildman–Crippen MR) is 92.8 cm³/mol. The van der Waals surface area contributed by atoms with Gasteiger partial charge in [0.25, 0.3) is 5.69 Å². The average Bonchev–Trinajstić information content (AvgIpc) is 2.61. The van der Waals surface area contributed by atoms with Crippen molar-refractivity contribution in [2.24, 2.45) is 0 Å². The number of nitro benzene ring substituents is 1. The molecule has 2 aromatic carbocycles. The Morgan fingerprint density at radius 2 is 1.85 bits per heavy atom. The van der Waals surface area contributed by atoms with Crippen molar-refractivity contribution >= 4 is 26.8 Å². The number of benzene rings is 2. The van der Waals surface area contributed by atoms with E-state index in [1.165, 1.54) is 18.2 Å². The molecule has 0 radical (unpaired) electrons. The quantitative estimate of drug-likeness (QED) is 0.288. The molecule has 0 N–H and O–H groups in total. The molecule has 0 amide bonds. The molecule has 10 heteroatoms. The highest BCUT2D eigenvalue weighted by Gasteiger charge is 2.19. The Morgan fingerprint density at radius 3 is 2.44 bits per heavy atom. The van der Waals surface area contributed by atoms with Crippen molar-refractivity contribution < 1.29 is 21.9 Å². The summed E-state index contributed by atoms with van der Waals surface area (Å²) in [7, 11) is -4.25. The summed E-state index contributed by atoms with van der Waals surface area (Å²) in [6, 6.07) is 9.99. The average molecular weight is 386 g/mol. The molecule has 0 saturated carbocycles. The van der Waals surface area contributed by atoms with Crippen LogP contribution in [0.1, 0.15) is 11.1 Å². The fraction of sp³-hybridized carbons (Fsp3) is 0.0588. The molecule has 1 heterocycles. The molecule has 27 heavy (non-hydrogen) atoms. The maximum absolute atomic E-state index is 12.3. The molecular weight excluding hydrogens is 376 g/mol. The van der Waals surface area contributed by atoms with E-state index in [0.29, 0.717) is 10.9 Å². The van der Waals surface area contributed by atoms with E-state index < -0.39 is 20.7 Å². The van der Waals surface area contributed by atoms with Crippen LogP contribution in [0.5, 0.6) is 5.75 Å². The van der Waals surface area contributed by atoms with Gasteiger partial charge in [0.05, 0.1) is 4.92 Å². The molecule has 3 rings (SSSR count). The van der Waals surface area contributed by atoms with Gasteiger partial charge in [0.1, 0.15) is 27.9 Å². The molecule has 0 atom stereocenters. The summed E-state index contributed by atoms with van der Waals surface area (Å²) >= 11 is 0. The first kappa shape index (κ1) is 18.1. The van der Waals surface area contributed by atoms with Crippen molar-refractivity contribution in [3.05, 3.63) is 74.1 Å². The molecule has 0 spiro atoms. The second kappa shape index (κ2) is 6.54. The number of nitriles is 1. The van der Waals surface area contributed by atoms with Crippen LogP contribution < -0.4 is 9.81 Å². The number of fused-ring (bicyclic) bond motifs is 1. The van der Waals surface area contributed by atoms with Gasteiger partial charge in [-0.2, -0.15) is 13.7 Å². The van der Waals surface area contributed by atoms with Gasteiger partial charge >= 0.3 is 15.7 Å². The molecule has 0 saturated heterocycles.